The largest absolute Gasteiger partial charge is 0.282 e. The summed E-state index contributed by atoms with van der Waals surface area (Å²) in [6.45, 7) is 3.73. The van der Waals surface area contributed by atoms with Crippen LogP contribution in [0.2, 0.25) is 0 Å². The molecule has 6 nitrogen and oxygen atoms in total. The van der Waals surface area contributed by atoms with Gasteiger partial charge in [-0.15, -0.1) is 0 Å². The standard InChI is InChI=1S/C20H18Br2N2O4S2/c1-13-3-7-15(8-4-13)29(25,26)23-17-11-12-18(20(22)19(17)21)24-30(27,28)16-9-5-14(2)6-10-16/h3-12,19-20H,1-2H3. The first-order valence-corrected chi connectivity index (χ1v) is 13.5. The van der Waals surface area contributed by atoms with E-state index in [1.54, 1.807) is 24.3 Å². The van der Waals surface area contributed by atoms with Gasteiger partial charge >= 0.3 is 0 Å². The third-order valence-corrected chi connectivity index (χ3v) is 9.68. The van der Waals surface area contributed by atoms with Gasteiger partial charge in [0.15, 0.2) is 0 Å². The highest BCUT2D eigenvalue weighted by Gasteiger charge is 2.31. The molecule has 0 saturated heterocycles. The number of benzene rings is 2. The molecule has 2 aromatic carbocycles. The Hall–Kier alpha value is -1.62. The van der Waals surface area contributed by atoms with Crippen molar-refractivity contribution in [3.8, 4) is 0 Å². The van der Waals surface area contributed by atoms with Crippen molar-refractivity contribution in [2.24, 2.45) is 8.80 Å². The van der Waals surface area contributed by atoms with E-state index in [-0.39, 0.29) is 21.2 Å². The Labute approximate surface area is 193 Å². The van der Waals surface area contributed by atoms with E-state index in [0.717, 1.165) is 11.1 Å². The van der Waals surface area contributed by atoms with Crippen LogP contribution < -0.4 is 0 Å². The topological polar surface area (TPSA) is 93.0 Å². The summed E-state index contributed by atoms with van der Waals surface area (Å²) in [5.41, 5.74) is 2.36. The Morgan fingerprint density at radius 3 is 1.23 bits per heavy atom. The number of aryl methyl sites for hydroxylation is 2. The maximum Gasteiger partial charge on any atom is 0.282 e. The number of alkyl halides is 2. The van der Waals surface area contributed by atoms with Crippen molar-refractivity contribution >= 4 is 63.3 Å². The maximum atomic E-state index is 12.6. The molecule has 1 aliphatic carbocycles. The van der Waals surface area contributed by atoms with Gasteiger partial charge in [0.2, 0.25) is 0 Å². The summed E-state index contributed by atoms with van der Waals surface area (Å²) in [7, 11) is -7.81. The molecule has 0 N–H and O–H groups in total. The Morgan fingerprint density at radius 2 is 0.933 bits per heavy atom. The van der Waals surface area contributed by atoms with Crippen LogP contribution in [0, 0.1) is 13.8 Å². The summed E-state index contributed by atoms with van der Waals surface area (Å²) < 4.78 is 58.2. The minimum absolute atomic E-state index is 0.0845. The summed E-state index contributed by atoms with van der Waals surface area (Å²) >= 11 is 6.80. The summed E-state index contributed by atoms with van der Waals surface area (Å²) in [4.78, 5) is -1.01. The van der Waals surface area contributed by atoms with Gasteiger partial charge in [-0.2, -0.15) is 25.6 Å². The predicted octanol–water partition coefficient (Wildman–Crippen LogP) is 4.36. The maximum absolute atomic E-state index is 12.6. The number of sulfonamides is 2. The predicted molar refractivity (Wildman–Crippen MR) is 126 cm³/mol. The van der Waals surface area contributed by atoms with Crippen LogP contribution in [0.1, 0.15) is 11.1 Å². The molecular formula is C20H18Br2N2O4S2. The first kappa shape index (κ1) is 23.1. The number of hydrogen-bond donors (Lipinski definition) is 0. The molecule has 3 rings (SSSR count). The van der Waals surface area contributed by atoms with E-state index < -0.39 is 29.7 Å². The van der Waals surface area contributed by atoms with Crippen LogP contribution in [-0.2, 0) is 20.0 Å². The van der Waals surface area contributed by atoms with E-state index in [1.165, 1.54) is 36.4 Å². The fourth-order valence-corrected chi connectivity index (χ4v) is 6.02. The van der Waals surface area contributed by atoms with E-state index in [1.807, 2.05) is 13.8 Å². The number of nitrogens with zero attached hydrogens (tertiary/aromatic N) is 2. The highest BCUT2D eigenvalue weighted by atomic mass is 79.9. The molecule has 30 heavy (non-hydrogen) atoms. The van der Waals surface area contributed by atoms with Gasteiger partial charge in [-0.25, -0.2) is 0 Å². The van der Waals surface area contributed by atoms with E-state index >= 15 is 0 Å². The highest BCUT2D eigenvalue weighted by molar-refractivity contribution is 9.12. The molecular weight excluding hydrogens is 556 g/mol. The Balaban J connectivity index is 1.94. The van der Waals surface area contributed by atoms with Crippen LogP contribution >= 0.6 is 31.9 Å². The lowest BCUT2D eigenvalue weighted by molar-refractivity contribution is 0.596. The van der Waals surface area contributed by atoms with Crippen molar-refractivity contribution in [3.05, 3.63) is 71.8 Å². The molecule has 0 bridgehead atoms. The van der Waals surface area contributed by atoms with Crippen LogP contribution in [-0.4, -0.2) is 37.9 Å². The Kier molecular flexibility index (Phi) is 6.81. The van der Waals surface area contributed by atoms with Gasteiger partial charge in [0.05, 0.1) is 30.9 Å². The molecule has 2 unspecified atom stereocenters. The molecule has 0 aromatic heterocycles. The van der Waals surface area contributed by atoms with Gasteiger partial charge in [-0.3, -0.25) is 0 Å². The summed E-state index contributed by atoms with van der Waals surface area (Å²) in [6, 6.07) is 12.8. The fourth-order valence-electron chi connectivity index (χ4n) is 2.62. The number of allylic oxidation sites excluding steroid dienone is 2. The average molecular weight is 574 g/mol. The van der Waals surface area contributed by atoms with Crippen molar-refractivity contribution in [2.75, 3.05) is 0 Å². The molecule has 0 spiro atoms. The second kappa shape index (κ2) is 8.86. The molecule has 1 aliphatic rings. The quantitative estimate of drug-likeness (QED) is 0.508. The van der Waals surface area contributed by atoms with Crippen molar-refractivity contribution in [1.82, 2.24) is 0 Å². The van der Waals surface area contributed by atoms with E-state index in [2.05, 4.69) is 40.7 Å². The minimum atomic E-state index is -3.90. The molecule has 158 valence electrons. The molecule has 2 aromatic rings. The molecule has 0 fully saturated rings. The van der Waals surface area contributed by atoms with E-state index in [9.17, 15) is 16.8 Å². The molecule has 0 radical (unpaired) electrons. The van der Waals surface area contributed by atoms with Crippen molar-refractivity contribution in [3.63, 3.8) is 0 Å². The van der Waals surface area contributed by atoms with Crippen LogP contribution in [0.25, 0.3) is 0 Å². The summed E-state index contributed by atoms with van der Waals surface area (Å²) in [6.07, 6.45) is 2.90. The lowest BCUT2D eigenvalue weighted by atomic mass is 10.0. The third-order valence-electron chi connectivity index (χ3n) is 4.34. The average Bonchev–Trinajstić information content (AvgIpc) is 2.68. The molecule has 0 amide bonds. The lowest BCUT2D eigenvalue weighted by Gasteiger charge is -2.21. The first-order chi connectivity index (χ1) is 14.0. The lowest BCUT2D eigenvalue weighted by Crippen LogP contribution is -2.34. The number of rotatable bonds is 4. The van der Waals surface area contributed by atoms with Crippen LogP contribution in [0.3, 0.4) is 0 Å². The number of halogens is 2. The van der Waals surface area contributed by atoms with Gasteiger partial charge in [-0.05, 0) is 50.3 Å². The summed E-state index contributed by atoms with van der Waals surface area (Å²) in [5.74, 6) is 0. The van der Waals surface area contributed by atoms with Gasteiger partial charge in [0.25, 0.3) is 20.0 Å². The molecule has 0 aliphatic heterocycles. The third kappa shape index (κ3) is 5.16. The second-order valence-electron chi connectivity index (χ2n) is 6.75. The Morgan fingerprint density at radius 1 is 0.633 bits per heavy atom. The van der Waals surface area contributed by atoms with E-state index in [0.29, 0.717) is 0 Å². The second-order valence-corrected chi connectivity index (χ2v) is 11.9. The molecule has 10 heteroatoms. The fraction of sp³-hybridized carbons (Fsp3) is 0.200. The van der Waals surface area contributed by atoms with Crippen LogP contribution in [0.4, 0.5) is 0 Å². The summed E-state index contributed by atoms with van der Waals surface area (Å²) in [5, 5.41) is 0. The SMILES string of the molecule is Cc1ccc(S(=O)(=O)N=C2C=CC(=NS(=O)(=O)c3ccc(C)cc3)C(Br)C2Br)cc1. The van der Waals surface area contributed by atoms with Gasteiger partial charge in [0.1, 0.15) is 0 Å². The zero-order valence-corrected chi connectivity index (χ0v) is 20.8. The molecule has 2 atom stereocenters. The number of hydrogen-bond acceptors (Lipinski definition) is 4. The Bertz CT molecular complexity index is 1150. The van der Waals surface area contributed by atoms with Crippen LogP contribution in [0.5, 0.6) is 0 Å². The zero-order chi connectivity index (χ0) is 22.1. The highest BCUT2D eigenvalue weighted by Crippen LogP contribution is 2.26. The van der Waals surface area contributed by atoms with Crippen molar-refractivity contribution in [1.29, 1.82) is 0 Å². The van der Waals surface area contributed by atoms with Crippen molar-refractivity contribution < 1.29 is 16.8 Å². The van der Waals surface area contributed by atoms with Gasteiger partial charge in [0, 0.05) is 0 Å². The van der Waals surface area contributed by atoms with E-state index in [4.69, 9.17) is 0 Å². The van der Waals surface area contributed by atoms with Crippen molar-refractivity contribution in [2.45, 2.75) is 33.3 Å². The first-order valence-electron chi connectivity index (χ1n) is 8.79. The van der Waals surface area contributed by atoms with Crippen LogP contribution in [0.15, 0.2) is 79.3 Å². The normalized spacial score (nSPS) is 22.5. The zero-order valence-electron chi connectivity index (χ0n) is 16.0. The smallest absolute Gasteiger partial charge is 0.199 e. The molecule has 0 heterocycles. The monoisotopic (exact) mass is 572 g/mol. The van der Waals surface area contributed by atoms with Gasteiger partial charge in [-0.1, -0.05) is 67.3 Å². The molecule has 0 saturated carbocycles. The minimum Gasteiger partial charge on any atom is -0.199 e. The van der Waals surface area contributed by atoms with Gasteiger partial charge < -0.3 is 0 Å².